The molecule has 5 unspecified atom stereocenters. The topological polar surface area (TPSA) is 9.23 Å². The molecule has 0 radical (unpaired) electrons. The lowest BCUT2D eigenvalue weighted by molar-refractivity contribution is 0.0567. The van der Waals surface area contributed by atoms with Crippen LogP contribution in [0.1, 0.15) is 40.0 Å². The summed E-state index contributed by atoms with van der Waals surface area (Å²) in [5.74, 6) is 4.81. The van der Waals surface area contributed by atoms with Crippen LogP contribution in [0.15, 0.2) is 0 Å². The maximum Gasteiger partial charge on any atom is 0.0497 e. The zero-order valence-electron chi connectivity index (χ0n) is 9.83. The molecule has 0 aliphatic heterocycles. The maximum absolute atomic E-state index is 5.70. The third kappa shape index (κ3) is 1.71. The maximum atomic E-state index is 5.70. The highest BCUT2D eigenvalue weighted by Crippen LogP contribution is 2.54. The van der Waals surface area contributed by atoms with Crippen molar-refractivity contribution in [2.24, 2.45) is 29.6 Å². The number of ether oxygens (including phenoxy) is 1. The molecular formula is C13H24O. The lowest BCUT2D eigenvalue weighted by Crippen LogP contribution is -2.27. The summed E-state index contributed by atoms with van der Waals surface area (Å²) < 4.78 is 5.70. The highest BCUT2D eigenvalue weighted by Gasteiger charge is 2.48. The summed E-state index contributed by atoms with van der Waals surface area (Å²) in [6.07, 6.45) is 4.09. The molecule has 2 bridgehead atoms. The summed E-state index contributed by atoms with van der Waals surface area (Å²) in [4.78, 5) is 0. The Balaban J connectivity index is 1.81. The molecule has 5 atom stereocenters. The first-order valence-corrected chi connectivity index (χ1v) is 6.31. The van der Waals surface area contributed by atoms with Gasteiger partial charge in [-0.25, -0.2) is 0 Å². The zero-order valence-corrected chi connectivity index (χ0v) is 9.83. The number of hydrogen-bond acceptors (Lipinski definition) is 1. The van der Waals surface area contributed by atoms with Crippen LogP contribution in [0.2, 0.25) is 0 Å². The van der Waals surface area contributed by atoms with Crippen molar-refractivity contribution >= 4 is 0 Å². The first-order valence-electron chi connectivity index (χ1n) is 6.31. The van der Waals surface area contributed by atoms with Crippen LogP contribution in [-0.2, 0) is 4.74 Å². The number of hydrogen-bond donors (Lipinski definition) is 0. The SMILES string of the molecule is CCCOCC1CC2CC1C(C)C2C. The van der Waals surface area contributed by atoms with Crippen molar-refractivity contribution < 1.29 is 4.74 Å². The van der Waals surface area contributed by atoms with Crippen molar-refractivity contribution in [3.63, 3.8) is 0 Å². The fraction of sp³-hybridized carbons (Fsp3) is 1.00. The number of fused-ring (bicyclic) bond motifs is 2. The Kier molecular flexibility index (Phi) is 3.16. The number of rotatable bonds is 4. The van der Waals surface area contributed by atoms with Crippen LogP contribution in [0.25, 0.3) is 0 Å². The van der Waals surface area contributed by atoms with Crippen LogP contribution in [-0.4, -0.2) is 13.2 Å². The minimum Gasteiger partial charge on any atom is -0.381 e. The quantitative estimate of drug-likeness (QED) is 0.627. The van der Waals surface area contributed by atoms with Gasteiger partial charge >= 0.3 is 0 Å². The predicted octanol–water partition coefficient (Wildman–Crippen LogP) is 3.34. The molecular weight excluding hydrogens is 172 g/mol. The van der Waals surface area contributed by atoms with Crippen molar-refractivity contribution in [2.75, 3.05) is 13.2 Å². The second-order valence-electron chi connectivity index (χ2n) is 5.45. The molecule has 1 heteroatoms. The first kappa shape index (κ1) is 10.5. The summed E-state index contributed by atoms with van der Waals surface area (Å²) in [7, 11) is 0. The first-order chi connectivity index (χ1) is 6.74. The lowest BCUT2D eigenvalue weighted by atomic mass is 9.76. The molecule has 0 aromatic rings. The van der Waals surface area contributed by atoms with E-state index in [0.717, 1.165) is 49.2 Å². The van der Waals surface area contributed by atoms with E-state index in [9.17, 15) is 0 Å². The Morgan fingerprint density at radius 2 is 1.93 bits per heavy atom. The zero-order chi connectivity index (χ0) is 10.1. The van der Waals surface area contributed by atoms with Crippen molar-refractivity contribution in [3.8, 4) is 0 Å². The van der Waals surface area contributed by atoms with Crippen molar-refractivity contribution in [1.29, 1.82) is 0 Å². The van der Waals surface area contributed by atoms with Gasteiger partial charge in [-0.15, -0.1) is 0 Å². The molecule has 0 aromatic carbocycles. The van der Waals surface area contributed by atoms with Gasteiger partial charge in [-0.05, 0) is 48.9 Å². The molecule has 82 valence electrons. The van der Waals surface area contributed by atoms with Crippen LogP contribution in [0.3, 0.4) is 0 Å². The largest absolute Gasteiger partial charge is 0.381 e. The smallest absolute Gasteiger partial charge is 0.0497 e. The molecule has 0 heterocycles. The normalized spacial score (nSPS) is 46.1. The fourth-order valence-electron chi connectivity index (χ4n) is 3.67. The summed E-state index contributed by atoms with van der Waals surface area (Å²) in [5.41, 5.74) is 0. The van der Waals surface area contributed by atoms with Gasteiger partial charge in [-0.1, -0.05) is 20.8 Å². The van der Waals surface area contributed by atoms with E-state index in [2.05, 4.69) is 20.8 Å². The van der Waals surface area contributed by atoms with E-state index >= 15 is 0 Å². The van der Waals surface area contributed by atoms with Gasteiger partial charge in [0.1, 0.15) is 0 Å². The Labute approximate surface area is 88.2 Å². The average molecular weight is 196 g/mol. The van der Waals surface area contributed by atoms with Gasteiger partial charge in [0, 0.05) is 13.2 Å². The van der Waals surface area contributed by atoms with Gasteiger partial charge < -0.3 is 4.74 Å². The van der Waals surface area contributed by atoms with Crippen molar-refractivity contribution in [3.05, 3.63) is 0 Å². The van der Waals surface area contributed by atoms with Crippen LogP contribution in [0.5, 0.6) is 0 Å². The molecule has 2 aliphatic carbocycles. The Morgan fingerprint density at radius 1 is 1.14 bits per heavy atom. The molecule has 1 nitrogen and oxygen atoms in total. The summed E-state index contributed by atoms with van der Waals surface area (Å²) in [6, 6.07) is 0. The Morgan fingerprint density at radius 3 is 2.50 bits per heavy atom. The van der Waals surface area contributed by atoms with Gasteiger partial charge in [0.05, 0.1) is 0 Å². The molecule has 0 saturated heterocycles. The summed E-state index contributed by atoms with van der Waals surface area (Å²) in [5, 5.41) is 0. The van der Waals surface area contributed by atoms with E-state index in [-0.39, 0.29) is 0 Å². The standard InChI is InChI=1S/C13H24O/c1-4-5-14-8-12-6-11-7-13(12)10(3)9(11)2/h9-13H,4-8H2,1-3H3. The molecule has 0 N–H and O–H groups in total. The monoisotopic (exact) mass is 196 g/mol. The van der Waals surface area contributed by atoms with Crippen LogP contribution < -0.4 is 0 Å². The molecule has 2 rings (SSSR count). The van der Waals surface area contributed by atoms with E-state index in [0.29, 0.717) is 0 Å². The van der Waals surface area contributed by atoms with Crippen LogP contribution in [0.4, 0.5) is 0 Å². The van der Waals surface area contributed by atoms with E-state index in [4.69, 9.17) is 4.74 Å². The van der Waals surface area contributed by atoms with Crippen LogP contribution in [0, 0.1) is 29.6 Å². The molecule has 0 spiro atoms. The minimum absolute atomic E-state index is 0.887. The van der Waals surface area contributed by atoms with Gasteiger partial charge in [-0.2, -0.15) is 0 Å². The van der Waals surface area contributed by atoms with E-state index in [1.807, 2.05) is 0 Å². The minimum atomic E-state index is 0.887. The Hall–Kier alpha value is -0.0400. The highest BCUT2D eigenvalue weighted by molar-refractivity contribution is 4.97. The van der Waals surface area contributed by atoms with Gasteiger partial charge in [0.2, 0.25) is 0 Å². The summed E-state index contributed by atoms with van der Waals surface area (Å²) >= 11 is 0. The Bertz CT molecular complexity index is 188. The van der Waals surface area contributed by atoms with E-state index < -0.39 is 0 Å². The second kappa shape index (κ2) is 4.22. The second-order valence-corrected chi connectivity index (χ2v) is 5.45. The van der Waals surface area contributed by atoms with Crippen molar-refractivity contribution in [2.45, 2.75) is 40.0 Å². The van der Waals surface area contributed by atoms with Gasteiger partial charge in [0.15, 0.2) is 0 Å². The van der Waals surface area contributed by atoms with Crippen LogP contribution >= 0.6 is 0 Å². The van der Waals surface area contributed by atoms with Gasteiger partial charge in [0.25, 0.3) is 0 Å². The molecule has 14 heavy (non-hydrogen) atoms. The molecule has 0 aromatic heterocycles. The van der Waals surface area contributed by atoms with Crippen molar-refractivity contribution in [1.82, 2.24) is 0 Å². The molecule has 0 amide bonds. The third-order valence-corrected chi connectivity index (χ3v) is 4.71. The lowest BCUT2D eigenvalue weighted by Gasteiger charge is -2.31. The van der Waals surface area contributed by atoms with Gasteiger partial charge in [-0.3, -0.25) is 0 Å². The fourth-order valence-corrected chi connectivity index (χ4v) is 3.67. The van der Waals surface area contributed by atoms with E-state index in [1.165, 1.54) is 12.8 Å². The average Bonchev–Trinajstić information content (AvgIpc) is 2.69. The highest BCUT2D eigenvalue weighted by atomic mass is 16.5. The molecule has 2 saturated carbocycles. The predicted molar refractivity (Wildman–Crippen MR) is 59.1 cm³/mol. The van der Waals surface area contributed by atoms with E-state index in [1.54, 1.807) is 0 Å². The molecule has 2 aliphatic rings. The summed E-state index contributed by atoms with van der Waals surface area (Å²) in [6.45, 7) is 9.06. The third-order valence-electron chi connectivity index (χ3n) is 4.71. The molecule has 2 fully saturated rings.